The Labute approximate surface area is 116 Å². The van der Waals surface area contributed by atoms with E-state index in [1.165, 1.54) is 0 Å². The number of rotatable bonds is 6. The van der Waals surface area contributed by atoms with E-state index in [-0.39, 0.29) is 5.91 Å². The second-order valence-corrected chi connectivity index (χ2v) is 5.71. The summed E-state index contributed by atoms with van der Waals surface area (Å²) >= 11 is 0. The molecule has 3 N–H and O–H groups in total. The van der Waals surface area contributed by atoms with Crippen molar-refractivity contribution >= 4 is 22.4 Å². The second-order valence-electron chi connectivity index (χ2n) is 3.97. The first kappa shape index (κ1) is 15.5. The van der Waals surface area contributed by atoms with Gasteiger partial charge in [0.05, 0.1) is 22.3 Å². The monoisotopic (exact) mass is 284 g/mol. The molecule has 0 bridgehead atoms. The number of nitrogen functional groups attached to an aromatic ring is 1. The summed E-state index contributed by atoms with van der Waals surface area (Å²) in [6.07, 6.45) is 0. The minimum atomic E-state index is -1.50. The lowest BCUT2D eigenvalue weighted by Gasteiger charge is -2.14. The number of nitrogens with two attached hydrogens (primary N) is 1. The standard InChI is InChI=1S/C13H20N2O3S/c1-4-15-13(16)9(3)19(17)12-8-10(18-5-2)6-7-11(12)14/h6-9H,4-5,14H2,1-3H3,(H,15,16). The summed E-state index contributed by atoms with van der Waals surface area (Å²) < 4.78 is 17.7. The molecule has 1 rings (SSSR count). The van der Waals surface area contributed by atoms with Gasteiger partial charge in [0.15, 0.2) is 0 Å². The number of ether oxygens (including phenoxy) is 1. The molecule has 1 aromatic carbocycles. The number of carbonyl (C=O) groups is 1. The van der Waals surface area contributed by atoms with Crippen LogP contribution >= 0.6 is 0 Å². The second kappa shape index (κ2) is 7.13. The van der Waals surface area contributed by atoms with Crippen LogP contribution in [-0.2, 0) is 15.6 Å². The van der Waals surface area contributed by atoms with Crippen molar-refractivity contribution in [3.63, 3.8) is 0 Å². The molecule has 1 amide bonds. The van der Waals surface area contributed by atoms with Crippen molar-refractivity contribution in [2.45, 2.75) is 30.9 Å². The third-order valence-electron chi connectivity index (χ3n) is 2.55. The van der Waals surface area contributed by atoms with Crippen LogP contribution < -0.4 is 15.8 Å². The zero-order chi connectivity index (χ0) is 14.4. The molecule has 0 aliphatic rings. The lowest BCUT2D eigenvalue weighted by atomic mass is 10.3. The van der Waals surface area contributed by atoms with E-state index in [0.717, 1.165) is 0 Å². The molecular formula is C13H20N2O3S. The molecule has 0 saturated carbocycles. The SMILES string of the molecule is CCNC(=O)C(C)S(=O)c1cc(OCC)ccc1N. The summed E-state index contributed by atoms with van der Waals surface area (Å²) in [5, 5.41) is 2.00. The lowest BCUT2D eigenvalue weighted by molar-refractivity contribution is -0.120. The number of carbonyl (C=O) groups excluding carboxylic acids is 1. The smallest absolute Gasteiger partial charge is 0.235 e. The van der Waals surface area contributed by atoms with E-state index in [0.29, 0.717) is 29.5 Å². The van der Waals surface area contributed by atoms with Gasteiger partial charge in [-0.2, -0.15) is 0 Å². The quantitative estimate of drug-likeness (QED) is 0.771. The molecule has 0 aliphatic carbocycles. The first-order valence-electron chi connectivity index (χ1n) is 6.21. The maximum atomic E-state index is 12.4. The normalized spacial score (nSPS) is 13.6. The molecule has 0 aliphatic heterocycles. The van der Waals surface area contributed by atoms with Gasteiger partial charge in [-0.05, 0) is 39.0 Å². The van der Waals surface area contributed by atoms with Gasteiger partial charge in [-0.1, -0.05) is 0 Å². The van der Waals surface area contributed by atoms with Crippen molar-refractivity contribution in [3.05, 3.63) is 18.2 Å². The van der Waals surface area contributed by atoms with Crippen LogP contribution in [0.1, 0.15) is 20.8 Å². The van der Waals surface area contributed by atoms with E-state index in [2.05, 4.69) is 5.32 Å². The predicted octanol–water partition coefficient (Wildman–Crippen LogP) is 1.30. The predicted molar refractivity (Wildman–Crippen MR) is 76.6 cm³/mol. The van der Waals surface area contributed by atoms with E-state index < -0.39 is 16.0 Å². The minimum absolute atomic E-state index is 0.248. The Morgan fingerprint density at radius 1 is 1.47 bits per heavy atom. The first-order chi connectivity index (χ1) is 9.01. The molecule has 0 radical (unpaired) electrons. The van der Waals surface area contributed by atoms with E-state index in [1.54, 1.807) is 25.1 Å². The summed E-state index contributed by atoms with van der Waals surface area (Å²) in [5.74, 6) is 0.352. The molecule has 19 heavy (non-hydrogen) atoms. The van der Waals surface area contributed by atoms with Gasteiger partial charge in [-0.25, -0.2) is 0 Å². The fourth-order valence-corrected chi connectivity index (χ4v) is 2.74. The first-order valence-corrected chi connectivity index (χ1v) is 7.43. The van der Waals surface area contributed by atoms with Gasteiger partial charge in [-0.15, -0.1) is 0 Å². The summed E-state index contributed by atoms with van der Waals surface area (Å²) in [6.45, 7) is 6.33. The van der Waals surface area contributed by atoms with Crippen molar-refractivity contribution in [1.29, 1.82) is 0 Å². The maximum Gasteiger partial charge on any atom is 0.235 e. The molecule has 1 aromatic rings. The molecule has 0 aromatic heterocycles. The highest BCUT2D eigenvalue weighted by atomic mass is 32.2. The Bertz CT molecular complexity index is 477. The van der Waals surface area contributed by atoms with Gasteiger partial charge in [0.2, 0.25) is 5.91 Å². The largest absolute Gasteiger partial charge is 0.494 e. The van der Waals surface area contributed by atoms with Gasteiger partial charge in [0.1, 0.15) is 11.0 Å². The maximum absolute atomic E-state index is 12.4. The molecule has 6 heteroatoms. The fourth-order valence-electron chi connectivity index (χ4n) is 1.55. The van der Waals surface area contributed by atoms with Crippen LogP contribution in [0.2, 0.25) is 0 Å². The highest BCUT2D eigenvalue weighted by Crippen LogP contribution is 2.24. The topological polar surface area (TPSA) is 81.4 Å². The lowest BCUT2D eigenvalue weighted by Crippen LogP contribution is -2.35. The van der Waals surface area contributed by atoms with E-state index >= 15 is 0 Å². The highest BCUT2D eigenvalue weighted by molar-refractivity contribution is 7.86. The van der Waals surface area contributed by atoms with E-state index in [1.807, 2.05) is 13.8 Å². The van der Waals surface area contributed by atoms with Gasteiger partial charge < -0.3 is 15.8 Å². The number of anilines is 1. The molecule has 0 spiro atoms. The Morgan fingerprint density at radius 3 is 2.74 bits per heavy atom. The van der Waals surface area contributed by atoms with Crippen LogP contribution in [-0.4, -0.2) is 28.5 Å². The Hall–Kier alpha value is -1.56. The molecule has 106 valence electrons. The van der Waals surface area contributed by atoms with Crippen LogP contribution in [0, 0.1) is 0 Å². The van der Waals surface area contributed by atoms with Crippen molar-refractivity contribution in [2.75, 3.05) is 18.9 Å². The van der Waals surface area contributed by atoms with E-state index in [9.17, 15) is 9.00 Å². The van der Waals surface area contributed by atoms with Crippen LogP contribution in [0.15, 0.2) is 23.1 Å². The molecule has 0 saturated heterocycles. The molecule has 0 heterocycles. The number of amides is 1. The fraction of sp³-hybridized carbons (Fsp3) is 0.462. The number of hydrogen-bond acceptors (Lipinski definition) is 4. The molecule has 5 nitrogen and oxygen atoms in total. The van der Waals surface area contributed by atoms with Crippen LogP contribution in [0.5, 0.6) is 5.75 Å². The third-order valence-corrected chi connectivity index (χ3v) is 4.20. The Kier molecular flexibility index (Phi) is 5.82. The van der Waals surface area contributed by atoms with Gasteiger partial charge in [-0.3, -0.25) is 9.00 Å². The average molecular weight is 284 g/mol. The highest BCUT2D eigenvalue weighted by Gasteiger charge is 2.22. The van der Waals surface area contributed by atoms with Crippen LogP contribution in [0.25, 0.3) is 0 Å². The summed E-state index contributed by atoms with van der Waals surface area (Å²) in [5.41, 5.74) is 6.22. The number of nitrogens with one attached hydrogen (secondary N) is 1. The molecular weight excluding hydrogens is 264 g/mol. The van der Waals surface area contributed by atoms with Crippen molar-refractivity contribution in [1.82, 2.24) is 5.32 Å². The summed E-state index contributed by atoms with van der Waals surface area (Å²) in [6, 6.07) is 4.99. The molecule has 0 fully saturated rings. The van der Waals surface area contributed by atoms with Gasteiger partial charge >= 0.3 is 0 Å². The average Bonchev–Trinajstić information content (AvgIpc) is 2.40. The van der Waals surface area contributed by atoms with Gasteiger partial charge in [0.25, 0.3) is 0 Å². The zero-order valence-corrected chi connectivity index (χ0v) is 12.3. The van der Waals surface area contributed by atoms with Crippen molar-refractivity contribution in [2.24, 2.45) is 0 Å². The van der Waals surface area contributed by atoms with Crippen molar-refractivity contribution in [3.8, 4) is 5.75 Å². The Morgan fingerprint density at radius 2 is 2.16 bits per heavy atom. The molecule has 2 unspecified atom stereocenters. The number of hydrogen-bond donors (Lipinski definition) is 2. The van der Waals surface area contributed by atoms with Gasteiger partial charge in [0, 0.05) is 12.2 Å². The minimum Gasteiger partial charge on any atom is -0.494 e. The summed E-state index contributed by atoms with van der Waals surface area (Å²) in [7, 11) is -1.50. The molecule has 2 atom stereocenters. The van der Waals surface area contributed by atoms with Crippen LogP contribution in [0.3, 0.4) is 0 Å². The van der Waals surface area contributed by atoms with E-state index in [4.69, 9.17) is 10.5 Å². The third kappa shape index (κ3) is 3.96. The van der Waals surface area contributed by atoms with Crippen molar-refractivity contribution < 1.29 is 13.7 Å². The zero-order valence-electron chi connectivity index (χ0n) is 11.4. The summed E-state index contributed by atoms with van der Waals surface area (Å²) in [4.78, 5) is 12.1. The van der Waals surface area contributed by atoms with Crippen LogP contribution in [0.4, 0.5) is 5.69 Å². The number of benzene rings is 1. The Balaban J connectivity index is 2.97.